The summed E-state index contributed by atoms with van der Waals surface area (Å²) in [6, 6.07) is -0.849. The Balaban J connectivity index is 4.31. The molecular weight excluding hydrogens is 647 g/mol. The largest absolute Gasteiger partial charge is 0.472 e. The van der Waals surface area contributed by atoms with E-state index in [1.165, 1.54) is 51.4 Å². The zero-order valence-corrected chi connectivity index (χ0v) is 33.5. The lowest BCUT2D eigenvalue weighted by atomic mass is 10.1. The highest BCUT2D eigenvalue weighted by atomic mass is 31.2. The first-order valence-corrected chi connectivity index (χ1v) is 21.2. The third-order valence-electron chi connectivity index (χ3n) is 8.24. The molecule has 0 spiro atoms. The second-order valence-electron chi connectivity index (χ2n) is 14.3. The Kier molecular flexibility index (Phi) is 31.9. The normalized spacial score (nSPS) is 15.3. The molecule has 0 heterocycles. The monoisotopic (exact) mass is 724 g/mol. The van der Waals surface area contributed by atoms with Gasteiger partial charge in [-0.2, -0.15) is 0 Å². The van der Waals surface area contributed by atoms with Crippen LogP contribution in [0.2, 0.25) is 0 Å². The van der Waals surface area contributed by atoms with Gasteiger partial charge in [-0.1, -0.05) is 139 Å². The maximum atomic E-state index is 12.8. The summed E-state index contributed by atoms with van der Waals surface area (Å²) < 4.78 is 23.4. The van der Waals surface area contributed by atoms with Crippen LogP contribution in [0.15, 0.2) is 60.8 Å². The van der Waals surface area contributed by atoms with E-state index in [0.29, 0.717) is 17.4 Å². The molecule has 290 valence electrons. The van der Waals surface area contributed by atoms with E-state index in [1.54, 1.807) is 6.08 Å². The van der Waals surface area contributed by atoms with Gasteiger partial charge in [-0.15, -0.1) is 0 Å². The van der Waals surface area contributed by atoms with Gasteiger partial charge in [0.05, 0.1) is 39.9 Å². The molecule has 0 aromatic rings. The number of amides is 1. The van der Waals surface area contributed by atoms with Gasteiger partial charge in [0, 0.05) is 6.42 Å². The highest BCUT2D eigenvalue weighted by Gasteiger charge is 2.27. The third kappa shape index (κ3) is 34.6. The first kappa shape index (κ1) is 48.2. The van der Waals surface area contributed by atoms with Crippen molar-refractivity contribution in [3.05, 3.63) is 60.8 Å². The number of hydrogen-bond acceptors (Lipinski definition) is 5. The number of quaternary nitrogens is 1. The number of allylic oxidation sites excluding steroid dienone is 9. The minimum absolute atomic E-state index is 0.0564. The van der Waals surface area contributed by atoms with Crippen molar-refractivity contribution in [1.82, 2.24) is 5.32 Å². The summed E-state index contributed by atoms with van der Waals surface area (Å²) in [6.45, 7) is 4.60. The second-order valence-corrected chi connectivity index (χ2v) is 15.7. The standard InChI is InChI=1S/C41H75N2O6P/c1-6-8-10-12-14-15-16-17-18-19-20-21-22-23-24-25-26-27-29-31-33-35-41(45)42-39(40(44)34-32-30-28-13-11-9-7-2)38-49-50(46,47)48-37-36-43(3,4)5/h8,10,14-15,17-18,20-21,32,34,39-40,44H,6-7,9,11-13,16,19,22-31,33,35-38H2,1-5H3,(H-,42,45,46,47)/p+1/b10-8-,15-14-,18-17-,21-20-,34-32+. The molecule has 0 aliphatic carbocycles. The predicted octanol–water partition coefficient (Wildman–Crippen LogP) is 10.3. The average molecular weight is 724 g/mol. The van der Waals surface area contributed by atoms with Gasteiger partial charge in [-0.3, -0.25) is 13.8 Å². The predicted molar refractivity (Wildman–Crippen MR) is 212 cm³/mol. The number of rotatable bonds is 34. The third-order valence-corrected chi connectivity index (χ3v) is 9.23. The minimum Gasteiger partial charge on any atom is -0.387 e. The SMILES string of the molecule is CC/C=C\C/C=C\C/C=C\C/C=C\CCCCCCCCCCC(=O)NC(COP(=O)(O)OCC[N+](C)(C)C)C(O)/C=C/CCCCCCC. The lowest BCUT2D eigenvalue weighted by Gasteiger charge is -2.25. The topological polar surface area (TPSA) is 105 Å². The van der Waals surface area contributed by atoms with Gasteiger partial charge >= 0.3 is 7.82 Å². The molecule has 3 N–H and O–H groups in total. The van der Waals surface area contributed by atoms with Gasteiger partial charge in [0.2, 0.25) is 5.91 Å². The van der Waals surface area contributed by atoms with Crippen molar-refractivity contribution < 1.29 is 32.9 Å². The molecule has 3 atom stereocenters. The van der Waals surface area contributed by atoms with Gasteiger partial charge in [0.25, 0.3) is 0 Å². The Morgan fingerprint density at radius 1 is 0.700 bits per heavy atom. The van der Waals surface area contributed by atoms with E-state index in [4.69, 9.17) is 9.05 Å². The molecule has 3 unspecified atom stereocenters. The number of aliphatic hydroxyl groups is 1. The maximum absolute atomic E-state index is 12.8. The molecule has 0 radical (unpaired) electrons. The van der Waals surface area contributed by atoms with Crippen LogP contribution in [0, 0.1) is 0 Å². The number of likely N-dealkylation sites (N-methyl/N-ethyl adjacent to an activating group) is 1. The maximum Gasteiger partial charge on any atom is 0.472 e. The Morgan fingerprint density at radius 2 is 1.20 bits per heavy atom. The van der Waals surface area contributed by atoms with E-state index in [9.17, 15) is 19.4 Å². The van der Waals surface area contributed by atoms with Crippen molar-refractivity contribution in [2.45, 2.75) is 154 Å². The summed E-state index contributed by atoms with van der Waals surface area (Å²) in [5.74, 6) is -0.194. The van der Waals surface area contributed by atoms with Crippen LogP contribution >= 0.6 is 7.82 Å². The highest BCUT2D eigenvalue weighted by Crippen LogP contribution is 2.43. The van der Waals surface area contributed by atoms with Crippen LogP contribution in [-0.2, 0) is 18.4 Å². The first-order valence-electron chi connectivity index (χ1n) is 19.7. The molecule has 1 amide bonds. The summed E-state index contributed by atoms with van der Waals surface area (Å²) in [4.78, 5) is 22.9. The molecule has 9 heteroatoms. The smallest absolute Gasteiger partial charge is 0.387 e. The molecule has 0 aliphatic rings. The van der Waals surface area contributed by atoms with Gasteiger partial charge in [-0.25, -0.2) is 4.57 Å². The Morgan fingerprint density at radius 3 is 1.76 bits per heavy atom. The van der Waals surface area contributed by atoms with Crippen molar-refractivity contribution >= 4 is 13.7 Å². The van der Waals surface area contributed by atoms with Crippen LogP contribution in [-0.4, -0.2) is 73.4 Å². The summed E-state index contributed by atoms with van der Waals surface area (Å²) in [5.41, 5.74) is 0. The van der Waals surface area contributed by atoms with Gasteiger partial charge in [-0.05, 0) is 57.8 Å². The number of phosphoric ester groups is 1. The van der Waals surface area contributed by atoms with E-state index in [0.717, 1.165) is 70.6 Å². The van der Waals surface area contributed by atoms with Gasteiger partial charge in [0.1, 0.15) is 13.2 Å². The van der Waals surface area contributed by atoms with Crippen molar-refractivity contribution in [1.29, 1.82) is 0 Å². The van der Waals surface area contributed by atoms with E-state index in [1.807, 2.05) is 27.2 Å². The summed E-state index contributed by atoms with van der Waals surface area (Å²) in [5, 5.41) is 13.6. The lowest BCUT2D eigenvalue weighted by molar-refractivity contribution is -0.870. The number of carbonyl (C=O) groups is 1. The molecular formula is C41H76N2O6P+. The van der Waals surface area contributed by atoms with Gasteiger partial charge < -0.3 is 19.8 Å². The van der Waals surface area contributed by atoms with Crippen molar-refractivity contribution in [3.8, 4) is 0 Å². The molecule has 8 nitrogen and oxygen atoms in total. The number of nitrogens with one attached hydrogen (secondary N) is 1. The quantitative estimate of drug-likeness (QED) is 0.0264. The molecule has 0 aliphatic heterocycles. The fourth-order valence-electron chi connectivity index (χ4n) is 5.09. The fourth-order valence-corrected chi connectivity index (χ4v) is 5.82. The van der Waals surface area contributed by atoms with Crippen LogP contribution in [0.1, 0.15) is 142 Å². The Hall–Kier alpha value is -1.80. The number of carbonyl (C=O) groups excluding carboxylic acids is 1. The first-order chi connectivity index (χ1) is 24.0. The molecule has 0 saturated carbocycles. The molecule has 50 heavy (non-hydrogen) atoms. The fraction of sp³-hybridized carbons (Fsp3) is 0.732. The van der Waals surface area contributed by atoms with Crippen molar-refractivity contribution in [2.75, 3.05) is 40.9 Å². The van der Waals surface area contributed by atoms with Crippen LogP contribution in [0.5, 0.6) is 0 Å². The molecule has 0 rings (SSSR count). The molecule has 0 aromatic heterocycles. The summed E-state index contributed by atoms with van der Waals surface area (Å²) in [7, 11) is 1.55. The minimum atomic E-state index is -4.33. The van der Waals surface area contributed by atoms with E-state index < -0.39 is 20.0 Å². The Labute approximate surface area is 307 Å². The van der Waals surface area contributed by atoms with Crippen LogP contribution in [0.25, 0.3) is 0 Å². The van der Waals surface area contributed by atoms with E-state index in [2.05, 4.69) is 67.8 Å². The molecule has 0 bridgehead atoms. The van der Waals surface area contributed by atoms with E-state index in [-0.39, 0.29) is 19.1 Å². The Bertz CT molecular complexity index is 1000. The second kappa shape index (κ2) is 33.1. The van der Waals surface area contributed by atoms with E-state index >= 15 is 0 Å². The molecule has 0 saturated heterocycles. The van der Waals surface area contributed by atoms with Crippen LogP contribution in [0.4, 0.5) is 0 Å². The van der Waals surface area contributed by atoms with Crippen molar-refractivity contribution in [3.63, 3.8) is 0 Å². The van der Waals surface area contributed by atoms with Crippen LogP contribution in [0.3, 0.4) is 0 Å². The van der Waals surface area contributed by atoms with Crippen LogP contribution < -0.4 is 5.32 Å². The number of phosphoric acid groups is 1. The number of hydrogen-bond donors (Lipinski definition) is 3. The number of aliphatic hydroxyl groups excluding tert-OH is 1. The number of nitrogens with zero attached hydrogens (tertiary/aromatic N) is 1. The zero-order valence-electron chi connectivity index (χ0n) is 32.6. The lowest BCUT2D eigenvalue weighted by Crippen LogP contribution is -2.45. The van der Waals surface area contributed by atoms with Crippen molar-refractivity contribution in [2.24, 2.45) is 0 Å². The highest BCUT2D eigenvalue weighted by molar-refractivity contribution is 7.47. The molecule has 0 aromatic carbocycles. The summed E-state index contributed by atoms with van der Waals surface area (Å²) >= 11 is 0. The summed E-state index contributed by atoms with van der Waals surface area (Å²) in [6.07, 6.45) is 41.6. The number of unbranched alkanes of at least 4 members (excludes halogenated alkanes) is 13. The molecule has 0 fully saturated rings. The zero-order chi connectivity index (χ0) is 37.2. The van der Waals surface area contributed by atoms with Gasteiger partial charge in [0.15, 0.2) is 0 Å². The average Bonchev–Trinajstić information content (AvgIpc) is 3.06.